The molecule has 0 fully saturated rings. The molecule has 0 N–H and O–H groups in total. The maximum atomic E-state index is 0. The van der Waals surface area contributed by atoms with Gasteiger partial charge in [0, 0.05) is 400 Å². The van der Waals surface area contributed by atoms with Crippen molar-refractivity contribution in [3.05, 3.63) is 0 Å². The van der Waals surface area contributed by atoms with E-state index in [4.69, 9.17) is 0 Å². The summed E-state index contributed by atoms with van der Waals surface area (Å²) in [4.78, 5) is 0. The van der Waals surface area contributed by atoms with E-state index in [1.807, 2.05) is 0 Å². The zero-order valence-electron chi connectivity index (χ0n) is 6.01. The molecule has 0 saturated heterocycles. The summed E-state index contributed by atoms with van der Waals surface area (Å²) in [5, 5.41) is 0. The third kappa shape index (κ3) is 154. The second-order valence-corrected chi connectivity index (χ2v) is 0. The third-order valence-corrected chi connectivity index (χ3v) is 0. The number of hydrogen-bond donors (Lipinski definition) is 0. The smallest absolute Gasteiger partial charge is 0 e. The minimum absolute atomic E-state index is 0. The zero-order chi connectivity index (χ0) is 0. The monoisotopic (exact) mass is 3700 g/mol. The van der Waals surface area contributed by atoms with E-state index in [-0.39, 0.29) is 400 Å². The Labute approximate surface area is 389 Å². The van der Waals surface area contributed by atoms with Gasteiger partial charge in [-0.1, -0.05) is 0 Å². The summed E-state index contributed by atoms with van der Waals surface area (Å²) in [5.41, 5.74) is 0. The van der Waals surface area contributed by atoms with Gasteiger partial charge >= 0.3 is 0 Å². The Morgan fingerprint density at radius 2 is 0.0526 bits per heavy atom. The van der Waals surface area contributed by atoms with E-state index in [9.17, 15) is 0 Å². The molecule has 0 saturated carbocycles. The number of rotatable bonds is 0. The number of hydrogen-bond acceptors (Lipinski definition) is 0. The largest absolute Gasteiger partial charge is 0 e. The van der Waals surface area contributed by atoms with E-state index < -0.39 is 0 Å². The molecule has 0 spiro atoms. The van der Waals surface area contributed by atoms with Crippen molar-refractivity contribution in [1.29, 1.82) is 0 Å². The predicted molar refractivity (Wildman–Crippen MR) is 0 cm³/mol. The second-order valence-electron chi connectivity index (χ2n) is 0. The van der Waals surface area contributed by atoms with Crippen molar-refractivity contribution in [2.24, 2.45) is 0 Å². The molecular weight excluding hydrogens is 3710 g/mol. The maximum Gasteiger partial charge on any atom is 0 e. The van der Waals surface area contributed by atoms with E-state index in [2.05, 4.69) is 0 Å². The predicted octanol–water partition coefficient (Wildman–Crippen LogP) is -0.0475. The van der Waals surface area contributed by atoms with Gasteiger partial charge in [0.2, 0.25) is 0 Å². The molecule has 19 heavy (non-hydrogen) atoms. The Morgan fingerprint density at radius 1 is 0.0526 bits per heavy atom. The van der Waals surface area contributed by atoms with Crippen molar-refractivity contribution in [3.63, 3.8) is 0 Å². The Kier molecular flexibility index (Phi) is 1570. The van der Waals surface area contributed by atoms with Crippen molar-refractivity contribution in [3.8, 4) is 0 Å². The van der Waals surface area contributed by atoms with Crippen LogP contribution >= 0.6 is 0 Å². The minimum atomic E-state index is 0. The first kappa shape index (κ1) is 181. The van der Waals surface area contributed by atoms with Gasteiger partial charge in [-0.05, 0) is 0 Å². The Bertz CT molecular complexity index is 0. The van der Waals surface area contributed by atoms with Crippen molar-refractivity contribution in [1.82, 2.24) is 0 Å². The molecule has 0 aromatic carbocycles. The van der Waals surface area contributed by atoms with Crippen molar-refractivity contribution >= 4 is 0 Å². The molecule has 19 heteroatoms. The van der Waals surface area contributed by atoms with E-state index in [0.29, 0.717) is 0 Å². The van der Waals surface area contributed by atoms with Crippen LogP contribution in [0.25, 0.3) is 0 Å². The van der Waals surface area contributed by atoms with E-state index >= 15 is 0 Å². The average molecular weight is 3710 g/mol. The molecule has 0 radical (unpaired) electrons. The average Bonchev–Trinajstić information content (AvgIpc) is 0. The molecule has 0 rings (SSSR count). The molecule has 0 amide bonds. The Morgan fingerprint density at radius 3 is 0.0526 bits per heavy atom. The van der Waals surface area contributed by atoms with Crippen LogP contribution in [-0.2, 0) is 400 Å². The first-order valence-electron chi connectivity index (χ1n) is 0. The molecule has 190 valence electrons. The van der Waals surface area contributed by atoms with Crippen LogP contribution in [0.2, 0.25) is 0 Å². The fourth-order valence-electron chi connectivity index (χ4n) is 0. The van der Waals surface area contributed by atoms with Gasteiger partial charge in [-0.3, -0.25) is 0 Å². The zero-order valence-corrected chi connectivity index (χ0v) is 49.2. The van der Waals surface area contributed by atoms with Gasteiger partial charge in [0.15, 0.2) is 0 Å². The maximum absolute atomic E-state index is 0. The van der Waals surface area contributed by atoms with Gasteiger partial charge in [-0.25, -0.2) is 0 Å². The fraction of sp³-hybridized carbons (Fsp3) is 0. The van der Waals surface area contributed by atoms with Crippen LogP contribution < -0.4 is 0 Å². The van der Waals surface area contributed by atoms with Crippen LogP contribution in [0.5, 0.6) is 0 Å². The standard InChI is InChI=1S/19Pt. The van der Waals surface area contributed by atoms with Crippen molar-refractivity contribution in [2.45, 2.75) is 0 Å². The van der Waals surface area contributed by atoms with Gasteiger partial charge in [0.1, 0.15) is 0 Å². The molecule has 0 aromatic heterocycles. The summed E-state index contributed by atoms with van der Waals surface area (Å²) in [7, 11) is 0. The summed E-state index contributed by atoms with van der Waals surface area (Å²) in [5.74, 6) is 0. The summed E-state index contributed by atoms with van der Waals surface area (Å²) < 4.78 is 0. The van der Waals surface area contributed by atoms with Crippen molar-refractivity contribution in [2.75, 3.05) is 0 Å². The molecule has 0 heterocycles. The van der Waals surface area contributed by atoms with E-state index in [1.165, 1.54) is 0 Å². The molecule has 0 aliphatic rings. The topological polar surface area (TPSA) is 0 Å². The van der Waals surface area contributed by atoms with Gasteiger partial charge in [-0.15, -0.1) is 0 Å². The Hall–Kier alpha value is 13.1. The second kappa shape index (κ2) is 164. The molecule has 0 bridgehead atoms. The summed E-state index contributed by atoms with van der Waals surface area (Å²) in [6, 6.07) is 0. The van der Waals surface area contributed by atoms with Crippen LogP contribution in [0.15, 0.2) is 0 Å². The molecule has 0 aromatic rings. The fourth-order valence-corrected chi connectivity index (χ4v) is 0. The minimum Gasteiger partial charge on any atom is 0 e. The van der Waals surface area contributed by atoms with Crippen LogP contribution in [0.1, 0.15) is 0 Å². The van der Waals surface area contributed by atoms with Gasteiger partial charge in [0.05, 0.1) is 0 Å². The normalized spacial score (nSPS) is 0. The SMILES string of the molecule is [Pt].[Pt].[Pt].[Pt].[Pt].[Pt].[Pt].[Pt].[Pt].[Pt].[Pt].[Pt].[Pt].[Pt].[Pt].[Pt].[Pt].[Pt].[Pt]. The first-order valence-corrected chi connectivity index (χ1v) is 0. The summed E-state index contributed by atoms with van der Waals surface area (Å²) in [6.45, 7) is 0. The van der Waals surface area contributed by atoms with Crippen LogP contribution in [-0.4, -0.2) is 0 Å². The third-order valence-electron chi connectivity index (χ3n) is 0. The van der Waals surface area contributed by atoms with Crippen LogP contribution in [0, 0.1) is 0 Å². The molecule has 0 atom stereocenters. The Balaban J connectivity index is 0. The van der Waals surface area contributed by atoms with Crippen LogP contribution in [0.3, 0.4) is 0 Å². The first-order chi connectivity index (χ1) is 0. The van der Waals surface area contributed by atoms with Gasteiger partial charge in [-0.2, -0.15) is 0 Å². The van der Waals surface area contributed by atoms with Gasteiger partial charge < -0.3 is 0 Å². The van der Waals surface area contributed by atoms with Crippen LogP contribution in [0.4, 0.5) is 0 Å². The van der Waals surface area contributed by atoms with E-state index in [1.54, 1.807) is 0 Å². The molecule has 0 nitrogen and oxygen atoms in total. The quantitative estimate of drug-likeness (QED) is 0.320. The van der Waals surface area contributed by atoms with Crippen molar-refractivity contribution < 1.29 is 400 Å². The molecule has 0 unspecified atom stereocenters. The summed E-state index contributed by atoms with van der Waals surface area (Å²) >= 11 is 0. The van der Waals surface area contributed by atoms with Gasteiger partial charge in [0.25, 0.3) is 0 Å². The molecule has 0 aliphatic heterocycles. The summed E-state index contributed by atoms with van der Waals surface area (Å²) in [6.07, 6.45) is 0. The molecule has 0 aliphatic carbocycles. The van der Waals surface area contributed by atoms with E-state index in [0.717, 1.165) is 0 Å². The molecular formula is Pt19.